The Labute approximate surface area is 123 Å². The van der Waals surface area contributed by atoms with Crippen LogP contribution in [-0.4, -0.2) is 18.4 Å². The van der Waals surface area contributed by atoms with Gasteiger partial charge in [-0.05, 0) is 49.2 Å². The van der Waals surface area contributed by atoms with E-state index in [9.17, 15) is 9.59 Å². The van der Waals surface area contributed by atoms with Crippen molar-refractivity contribution < 1.29 is 14.0 Å². The normalized spacial score (nSPS) is 10.2. The SMILES string of the molecule is Cc1ccc(NC(=O)C(=O)NCCc2ccco2)cc1C. The zero-order valence-electron chi connectivity index (χ0n) is 12.1. The molecular weight excluding hydrogens is 268 g/mol. The third-order valence-corrected chi connectivity index (χ3v) is 3.21. The van der Waals surface area contributed by atoms with Gasteiger partial charge in [0.25, 0.3) is 0 Å². The average molecular weight is 286 g/mol. The average Bonchev–Trinajstić information content (AvgIpc) is 2.96. The minimum absolute atomic E-state index is 0.354. The van der Waals surface area contributed by atoms with E-state index < -0.39 is 11.8 Å². The fraction of sp³-hybridized carbons (Fsp3) is 0.250. The van der Waals surface area contributed by atoms with E-state index in [1.807, 2.05) is 32.0 Å². The maximum absolute atomic E-state index is 11.8. The number of rotatable bonds is 4. The van der Waals surface area contributed by atoms with Crippen molar-refractivity contribution in [2.75, 3.05) is 11.9 Å². The minimum atomic E-state index is -0.669. The van der Waals surface area contributed by atoms with Crippen molar-refractivity contribution >= 4 is 17.5 Å². The number of carbonyl (C=O) groups excluding carboxylic acids is 2. The van der Waals surface area contributed by atoms with Crippen LogP contribution in [0.4, 0.5) is 5.69 Å². The fourth-order valence-corrected chi connectivity index (χ4v) is 1.84. The van der Waals surface area contributed by atoms with Gasteiger partial charge in [0.2, 0.25) is 0 Å². The Morgan fingerprint density at radius 3 is 2.57 bits per heavy atom. The summed E-state index contributed by atoms with van der Waals surface area (Å²) in [6.45, 7) is 4.30. The molecule has 2 amide bonds. The molecule has 0 aliphatic heterocycles. The van der Waals surface area contributed by atoms with E-state index in [1.165, 1.54) is 0 Å². The van der Waals surface area contributed by atoms with Crippen molar-refractivity contribution in [3.63, 3.8) is 0 Å². The number of hydrogen-bond acceptors (Lipinski definition) is 3. The van der Waals surface area contributed by atoms with Crippen LogP contribution in [0.5, 0.6) is 0 Å². The molecule has 2 aromatic rings. The van der Waals surface area contributed by atoms with E-state index in [1.54, 1.807) is 18.4 Å². The molecule has 1 aromatic carbocycles. The van der Waals surface area contributed by atoms with Crippen LogP contribution in [0.1, 0.15) is 16.9 Å². The van der Waals surface area contributed by atoms with Gasteiger partial charge >= 0.3 is 11.8 Å². The van der Waals surface area contributed by atoms with E-state index in [2.05, 4.69) is 10.6 Å². The highest BCUT2D eigenvalue weighted by Crippen LogP contribution is 2.13. The van der Waals surface area contributed by atoms with Crippen molar-refractivity contribution in [2.45, 2.75) is 20.3 Å². The first-order valence-electron chi connectivity index (χ1n) is 6.75. The lowest BCUT2D eigenvalue weighted by molar-refractivity contribution is -0.136. The minimum Gasteiger partial charge on any atom is -0.469 e. The van der Waals surface area contributed by atoms with E-state index in [0.717, 1.165) is 16.9 Å². The van der Waals surface area contributed by atoms with Crippen LogP contribution in [0.25, 0.3) is 0 Å². The van der Waals surface area contributed by atoms with Crippen LogP contribution < -0.4 is 10.6 Å². The highest BCUT2D eigenvalue weighted by atomic mass is 16.3. The lowest BCUT2D eigenvalue weighted by Gasteiger charge is -2.08. The first kappa shape index (κ1) is 14.8. The van der Waals surface area contributed by atoms with E-state index in [0.29, 0.717) is 18.7 Å². The summed E-state index contributed by atoms with van der Waals surface area (Å²) in [4.78, 5) is 23.4. The third-order valence-electron chi connectivity index (χ3n) is 3.21. The molecule has 5 nitrogen and oxygen atoms in total. The second-order valence-electron chi connectivity index (χ2n) is 4.84. The molecule has 0 atom stereocenters. The maximum Gasteiger partial charge on any atom is 0.313 e. The van der Waals surface area contributed by atoms with Gasteiger partial charge in [-0.25, -0.2) is 0 Å². The first-order chi connectivity index (χ1) is 10.1. The van der Waals surface area contributed by atoms with Crippen molar-refractivity contribution in [2.24, 2.45) is 0 Å². The molecular formula is C16H18N2O3. The quantitative estimate of drug-likeness (QED) is 0.846. The molecule has 0 fully saturated rings. The van der Waals surface area contributed by atoms with Crippen molar-refractivity contribution in [3.05, 3.63) is 53.5 Å². The molecule has 1 heterocycles. The molecule has 0 spiro atoms. The number of anilines is 1. The summed E-state index contributed by atoms with van der Waals surface area (Å²) in [5.74, 6) is -0.553. The number of furan rings is 1. The van der Waals surface area contributed by atoms with Crippen molar-refractivity contribution in [3.8, 4) is 0 Å². The van der Waals surface area contributed by atoms with Gasteiger partial charge in [-0.15, -0.1) is 0 Å². The van der Waals surface area contributed by atoms with Gasteiger partial charge in [0.15, 0.2) is 0 Å². The zero-order chi connectivity index (χ0) is 15.2. The lowest BCUT2D eigenvalue weighted by atomic mass is 10.1. The Bertz CT molecular complexity index is 633. The third kappa shape index (κ3) is 4.21. The molecule has 2 N–H and O–H groups in total. The predicted octanol–water partition coefficient (Wildman–Crippen LogP) is 2.19. The molecule has 0 radical (unpaired) electrons. The number of carbonyl (C=O) groups is 2. The van der Waals surface area contributed by atoms with Crippen molar-refractivity contribution in [1.29, 1.82) is 0 Å². The molecule has 0 aliphatic rings. The summed E-state index contributed by atoms with van der Waals surface area (Å²) in [6, 6.07) is 9.12. The van der Waals surface area contributed by atoms with Crippen LogP contribution in [0.15, 0.2) is 41.0 Å². The first-order valence-corrected chi connectivity index (χ1v) is 6.75. The number of amides is 2. The number of nitrogens with one attached hydrogen (secondary N) is 2. The van der Waals surface area contributed by atoms with Crippen LogP contribution >= 0.6 is 0 Å². The van der Waals surface area contributed by atoms with Crippen LogP contribution in [-0.2, 0) is 16.0 Å². The van der Waals surface area contributed by atoms with Gasteiger partial charge < -0.3 is 15.1 Å². The number of hydrogen-bond donors (Lipinski definition) is 2. The molecule has 0 bridgehead atoms. The van der Waals surface area contributed by atoms with Crippen LogP contribution in [0, 0.1) is 13.8 Å². The standard InChI is InChI=1S/C16H18N2O3/c1-11-5-6-13(10-12(11)2)18-16(20)15(19)17-8-7-14-4-3-9-21-14/h3-6,9-10H,7-8H2,1-2H3,(H,17,19)(H,18,20). The van der Waals surface area contributed by atoms with Gasteiger partial charge in [-0.2, -0.15) is 0 Å². The zero-order valence-corrected chi connectivity index (χ0v) is 12.1. The molecule has 0 saturated carbocycles. The summed E-state index contributed by atoms with van der Waals surface area (Å²) >= 11 is 0. The van der Waals surface area contributed by atoms with Crippen molar-refractivity contribution in [1.82, 2.24) is 5.32 Å². The van der Waals surface area contributed by atoms with Crippen LogP contribution in [0.3, 0.4) is 0 Å². The summed E-state index contributed by atoms with van der Waals surface area (Å²) in [7, 11) is 0. The topological polar surface area (TPSA) is 71.3 Å². The molecule has 0 unspecified atom stereocenters. The highest BCUT2D eigenvalue weighted by molar-refractivity contribution is 6.39. The molecule has 0 aliphatic carbocycles. The lowest BCUT2D eigenvalue weighted by Crippen LogP contribution is -2.36. The Morgan fingerprint density at radius 2 is 1.90 bits per heavy atom. The Kier molecular flexibility index (Phi) is 4.77. The van der Waals surface area contributed by atoms with Gasteiger partial charge in [-0.3, -0.25) is 9.59 Å². The summed E-state index contributed by atoms with van der Waals surface area (Å²) < 4.78 is 5.14. The molecule has 0 saturated heterocycles. The molecule has 1 aromatic heterocycles. The van der Waals surface area contributed by atoms with Gasteiger partial charge in [0.05, 0.1) is 6.26 Å². The highest BCUT2D eigenvalue weighted by Gasteiger charge is 2.13. The van der Waals surface area contributed by atoms with Gasteiger partial charge in [-0.1, -0.05) is 6.07 Å². The number of aryl methyl sites for hydroxylation is 2. The summed E-state index contributed by atoms with van der Waals surface area (Å²) in [6.07, 6.45) is 2.12. The summed E-state index contributed by atoms with van der Waals surface area (Å²) in [5, 5.41) is 5.13. The largest absolute Gasteiger partial charge is 0.469 e. The van der Waals surface area contributed by atoms with E-state index in [-0.39, 0.29) is 0 Å². The fourth-order valence-electron chi connectivity index (χ4n) is 1.84. The Balaban J connectivity index is 1.81. The molecule has 110 valence electrons. The Morgan fingerprint density at radius 1 is 1.10 bits per heavy atom. The molecule has 5 heteroatoms. The molecule has 21 heavy (non-hydrogen) atoms. The molecule has 2 rings (SSSR count). The van der Waals surface area contributed by atoms with Gasteiger partial charge in [0, 0.05) is 18.7 Å². The smallest absolute Gasteiger partial charge is 0.313 e. The van der Waals surface area contributed by atoms with Gasteiger partial charge in [0.1, 0.15) is 5.76 Å². The second kappa shape index (κ2) is 6.74. The monoisotopic (exact) mass is 286 g/mol. The second-order valence-corrected chi connectivity index (χ2v) is 4.84. The van der Waals surface area contributed by atoms with E-state index >= 15 is 0 Å². The number of benzene rings is 1. The maximum atomic E-state index is 11.8. The predicted molar refractivity (Wildman–Crippen MR) is 80.0 cm³/mol. The summed E-state index contributed by atoms with van der Waals surface area (Å²) in [5.41, 5.74) is 2.81. The van der Waals surface area contributed by atoms with Crippen LogP contribution in [0.2, 0.25) is 0 Å². The Hall–Kier alpha value is -2.56. The van der Waals surface area contributed by atoms with E-state index in [4.69, 9.17) is 4.42 Å².